The van der Waals surface area contributed by atoms with Gasteiger partial charge in [0.1, 0.15) is 11.2 Å². The molecular formula is C70H47BCl2N2O2. The standard InChI is InChI=1S/C70H47BCl2N2O2/c1-70(2,3)48-38-61-65-62(39-48)75(67-52(45-22-14-7-15-23-45)31-33-56-54-29-25-47(37-64(54)77-69(56)67)43-18-10-5-11-19-43)60-41-50(73)27-35-58(60)71(65)57-34-26-49(72)40-59(57)74(61)66-51(44-20-12-6-13-21-44)30-32-55-53-28-24-46(36-63(53)76-68(55)66)42-16-8-4-9-17-42/h4-41H,1-3H3/i24D,25D,26D,27D,28D,29D,30D,31D,32D,33D,34D,35D,36D,37D,40D,41D. The molecule has 0 saturated heterocycles. The van der Waals surface area contributed by atoms with Crippen LogP contribution >= 0.6 is 23.2 Å². The van der Waals surface area contributed by atoms with Gasteiger partial charge in [0.2, 0.25) is 0 Å². The third kappa shape index (κ3) is 7.22. The number of hydrogen-bond donors (Lipinski definition) is 0. The maximum absolute atomic E-state index is 10.3. The Balaban J connectivity index is 1.19. The van der Waals surface area contributed by atoms with Crippen molar-refractivity contribution in [2.75, 3.05) is 9.80 Å². The van der Waals surface area contributed by atoms with Gasteiger partial charge in [0.15, 0.2) is 11.2 Å². The second-order valence-electron chi connectivity index (χ2n) is 20.1. The number of nitrogens with zero attached hydrogens (tertiary/aromatic N) is 2. The van der Waals surface area contributed by atoms with Crippen molar-refractivity contribution in [3.8, 4) is 44.5 Å². The first-order chi connectivity index (χ1) is 44.4. The molecule has 0 bridgehead atoms. The van der Waals surface area contributed by atoms with E-state index in [1.165, 1.54) is 0 Å². The maximum atomic E-state index is 10.3. The quantitative estimate of drug-likeness (QED) is 0.155. The fraction of sp³-hybridized carbons (Fsp3) is 0.0571. The summed E-state index contributed by atoms with van der Waals surface area (Å²) in [5, 5.41) is -1.40. The van der Waals surface area contributed by atoms with Crippen molar-refractivity contribution in [3.05, 3.63) is 246 Å². The molecule has 0 N–H and O–H groups in total. The van der Waals surface area contributed by atoms with E-state index in [2.05, 4.69) is 0 Å². The molecule has 15 rings (SSSR count). The molecule has 13 aromatic rings. The summed E-state index contributed by atoms with van der Waals surface area (Å²) in [6.45, 7) is 4.36. The number of rotatable bonds is 6. The van der Waals surface area contributed by atoms with Crippen LogP contribution in [0, 0.1) is 0 Å². The second-order valence-corrected chi connectivity index (χ2v) is 20.9. The first kappa shape index (κ1) is 32.0. The Morgan fingerprint density at radius 1 is 0.416 bits per heavy atom. The van der Waals surface area contributed by atoms with E-state index in [0.717, 1.165) is 0 Å². The van der Waals surface area contributed by atoms with Gasteiger partial charge in [0.05, 0.1) is 33.3 Å². The van der Waals surface area contributed by atoms with E-state index in [9.17, 15) is 21.9 Å². The summed E-state index contributed by atoms with van der Waals surface area (Å²) < 4.78 is 173. The minimum atomic E-state index is -1.47. The topological polar surface area (TPSA) is 32.8 Å². The SMILES string of the molecule is [2H]c1c([2H])c2c(c([2H])c1Cl)N(c1c(-c3ccccc3)c([2H])c([2H])c3c1oc1c([2H])c(-c4ccccc4)c([2H])c([2H])c13)c1cc(C(C)(C)C)cc3c1B2c1c([2H])c([2H])c(Cl)c([2H])c1N3c1c(-c2ccccc2)c([2H])c([2H])c2c1oc1c([2H])c(-c3ccccc3)c([2H])c([2H])c12. The average molecular weight is 1050 g/mol. The zero-order valence-corrected chi connectivity index (χ0v) is 42.8. The van der Waals surface area contributed by atoms with Gasteiger partial charge < -0.3 is 18.6 Å². The molecule has 0 atom stereocenters. The van der Waals surface area contributed by atoms with Crippen LogP contribution in [0.25, 0.3) is 88.4 Å². The highest BCUT2D eigenvalue weighted by atomic mass is 35.5. The molecule has 0 saturated carbocycles. The van der Waals surface area contributed by atoms with E-state index < -0.39 is 94.7 Å². The molecule has 77 heavy (non-hydrogen) atoms. The fourth-order valence-corrected chi connectivity index (χ4v) is 11.2. The molecule has 7 heteroatoms. The highest BCUT2D eigenvalue weighted by Crippen LogP contribution is 2.54. The van der Waals surface area contributed by atoms with Gasteiger partial charge in [-0.25, -0.2) is 0 Å². The molecule has 0 unspecified atom stereocenters. The van der Waals surface area contributed by atoms with E-state index in [1.807, 2.05) is 32.9 Å². The largest absolute Gasteiger partial charge is 0.454 e. The van der Waals surface area contributed by atoms with E-state index in [-0.39, 0.29) is 141 Å². The van der Waals surface area contributed by atoms with Crippen LogP contribution in [-0.4, -0.2) is 6.71 Å². The van der Waals surface area contributed by atoms with Gasteiger partial charge in [-0.15, -0.1) is 0 Å². The molecule has 0 amide bonds. The molecule has 4 heterocycles. The maximum Gasteiger partial charge on any atom is 0.252 e. The summed E-state index contributed by atoms with van der Waals surface area (Å²) in [7, 11) is 0. The predicted octanol–water partition coefficient (Wildman–Crippen LogP) is 18.8. The lowest BCUT2D eigenvalue weighted by Gasteiger charge is -2.45. The van der Waals surface area contributed by atoms with Crippen molar-refractivity contribution in [1.82, 2.24) is 0 Å². The molecule has 4 nitrogen and oxygen atoms in total. The Bertz CT molecular complexity index is 5170. The van der Waals surface area contributed by atoms with Crippen LogP contribution in [0.15, 0.2) is 239 Å². The van der Waals surface area contributed by atoms with Crippen LogP contribution in [0.2, 0.25) is 10.0 Å². The Kier molecular flexibility index (Phi) is 7.23. The van der Waals surface area contributed by atoms with E-state index in [4.69, 9.17) is 32.0 Å². The minimum Gasteiger partial charge on any atom is -0.454 e. The van der Waals surface area contributed by atoms with Crippen molar-refractivity contribution in [1.29, 1.82) is 0 Å². The van der Waals surface area contributed by atoms with Crippen LogP contribution in [0.5, 0.6) is 0 Å². The Hall–Kier alpha value is -8.74. The first-order valence-corrected chi connectivity index (χ1v) is 25.7. The van der Waals surface area contributed by atoms with Crippen molar-refractivity contribution in [2.45, 2.75) is 26.2 Å². The Morgan fingerprint density at radius 3 is 1.21 bits per heavy atom. The smallest absolute Gasteiger partial charge is 0.252 e. The zero-order chi connectivity index (χ0) is 65.6. The van der Waals surface area contributed by atoms with Crippen LogP contribution < -0.4 is 26.2 Å². The van der Waals surface area contributed by atoms with Gasteiger partial charge in [0.25, 0.3) is 6.71 Å². The molecule has 2 aliphatic heterocycles. The molecule has 11 aromatic carbocycles. The summed E-state index contributed by atoms with van der Waals surface area (Å²) in [5.74, 6) is 0. The van der Waals surface area contributed by atoms with Crippen molar-refractivity contribution >= 4 is 124 Å². The molecule has 0 fully saturated rings. The minimum absolute atomic E-state index is 0.0418. The number of anilines is 6. The number of furan rings is 2. The van der Waals surface area contributed by atoms with Crippen LogP contribution in [-0.2, 0) is 5.41 Å². The monoisotopic (exact) mass is 1040 g/mol. The molecule has 2 aromatic heterocycles. The van der Waals surface area contributed by atoms with Crippen LogP contribution in [0.1, 0.15) is 48.3 Å². The first-order valence-electron chi connectivity index (χ1n) is 32.9. The number of benzene rings is 11. The van der Waals surface area contributed by atoms with Gasteiger partial charge in [-0.3, -0.25) is 0 Å². The lowest BCUT2D eigenvalue weighted by atomic mass is 9.33. The molecular weight excluding hydrogens is 982 g/mol. The van der Waals surface area contributed by atoms with E-state index in [0.29, 0.717) is 27.8 Å². The summed E-state index contributed by atoms with van der Waals surface area (Å²) in [4.78, 5) is 3.15. The Morgan fingerprint density at radius 2 is 0.805 bits per heavy atom. The molecule has 0 radical (unpaired) electrons. The molecule has 0 spiro atoms. The number of hydrogen-bond acceptors (Lipinski definition) is 4. The predicted molar refractivity (Wildman–Crippen MR) is 325 cm³/mol. The third-order valence-corrected chi connectivity index (χ3v) is 14.9. The molecule has 2 aliphatic rings. The van der Waals surface area contributed by atoms with Gasteiger partial charge in [-0.1, -0.05) is 202 Å². The van der Waals surface area contributed by atoms with Crippen molar-refractivity contribution in [2.24, 2.45) is 0 Å². The molecule has 0 aliphatic carbocycles. The molecule has 366 valence electrons. The highest BCUT2D eigenvalue weighted by Gasteiger charge is 2.46. The van der Waals surface area contributed by atoms with Gasteiger partial charge in [-0.05, 0) is 133 Å². The summed E-state index contributed by atoms with van der Waals surface area (Å²) in [5.41, 5.74) is 0.688. The highest BCUT2D eigenvalue weighted by molar-refractivity contribution is 7.00. The van der Waals surface area contributed by atoms with Crippen LogP contribution in [0.3, 0.4) is 0 Å². The average Bonchev–Trinajstić information content (AvgIpc) is 1.53. The lowest BCUT2D eigenvalue weighted by molar-refractivity contribution is 0.590. The summed E-state index contributed by atoms with van der Waals surface area (Å²) in [6.07, 6.45) is 0. The summed E-state index contributed by atoms with van der Waals surface area (Å²) in [6, 6.07) is 31.3. The van der Waals surface area contributed by atoms with E-state index in [1.54, 1.807) is 131 Å². The van der Waals surface area contributed by atoms with Crippen molar-refractivity contribution in [3.63, 3.8) is 0 Å². The Labute approximate surface area is 479 Å². The van der Waals surface area contributed by atoms with Gasteiger partial charge >= 0.3 is 0 Å². The normalized spacial score (nSPS) is 15.8. The summed E-state index contributed by atoms with van der Waals surface area (Å²) >= 11 is 14.3. The lowest BCUT2D eigenvalue weighted by Crippen LogP contribution is -2.61. The zero-order valence-electron chi connectivity index (χ0n) is 57.2. The third-order valence-electron chi connectivity index (χ3n) is 14.5. The van der Waals surface area contributed by atoms with E-state index >= 15 is 0 Å². The van der Waals surface area contributed by atoms with Gasteiger partial charge in [0, 0.05) is 65.5 Å². The van der Waals surface area contributed by atoms with Gasteiger partial charge in [-0.2, -0.15) is 0 Å². The van der Waals surface area contributed by atoms with Crippen molar-refractivity contribution < 1.29 is 30.8 Å². The van der Waals surface area contributed by atoms with Crippen LogP contribution in [0.4, 0.5) is 34.1 Å². The second kappa shape index (κ2) is 17.4. The fourth-order valence-electron chi connectivity index (χ4n) is 10.9. The number of fused-ring (bicyclic) bond motifs is 10. The number of halogens is 2.